The largest absolute Gasteiger partial charge is 0.345 e. The maximum atomic E-state index is 11.2. The van der Waals surface area contributed by atoms with Crippen molar-refractivity contribution in [1.29, 1.82) is 0 Å². The van der Waals surface area contributed by atoms with Crippen molar-refractivity contribution in [3.63, 3.8) is 0 Å². The highest BCUT2D eigenvalue weighted by Crippen LogP contribution is 2.39. The molecule has 1 N–H and O–H groups in total. The Bertz CT molecular complexity index is 349. The van der Waals surface area contributed by atoms with E-state index in [1.165, 1.54) is 12.8 Å². The second-order valence-electron chi connectivity index (χ2n) is 3.65. The minimum atomic E-state index is 0.216. The van der Waals surface area contributed by atoms with Gasteiger partial charge in [0.1, 0.15) is 11.5 Å². The molecule has 0 aromatic carbocycles. The van der Waals surface area contributed by atoms with Gasteiger partial charge in [-0.25, -0.2) is 4.98 Å². The van der Waals surface area contributed by atoms with E-state index in [2.05, 4.69) is 9.97 Å². The molecule has 0 bridgehead atoms. The number of aromatic amines is 1. The fourth-order valence-corrected chi connectivity index (χ4v) is 1.75. The number of hydrogen-bond donors (Lipinski definition) is 1. The first kappa shape index (κ1) is 6.40. The van der Waals surface area contributed by atoms with Crippen LogP contribution in [0.15, 0.2) is 0 Å². The van der Waals surface area contributed by atoms with E-state index in [1.807, 2.05) is 0 Å². The number of aromatic nitrogens is 2. The normalized spacial score (nSPS) is 21.5. The lowest BCUT2D eigenvalue weighted by atomic mass is 10.3. The molecule has 3 heteroatoms. The van der Waals surface area contributed by atoms with Crippen LogP contribution in [-0.2, 0) is 6.42 Å². The van der Waals surface area contributed by atoms with Crippen LogP contribution in [0.5, 0.6) is 0 Å². The van der Waals surface area contributed by atoms with Gasteiger partial charge in [-0.15, -0.1) is 0 Å². The van der Waals surface area contributed by atoms with Crippen LogP contribution >= 0.6 is 0 Å². The number of carbonyl (C=O) groups excluding carboxylic acids is 1. The monoisotopic (exact) mass is 162 g/mol. The van der Waals surface area contributed by atoms with E-state index in [4.69, 9.17) is 0 Å². The summed E-state index contributed by atoms with van der Waals surface area (Å²) in [6.45, 7) is 0. The van der Waals surface area contributed by atoms with Gasteiger partial charge in [-0.05, 0) is 19.3 Å². The standard InChI is InChI=1S/C9H10N2O/c12-7-4-3-6-8(7)11-9(10-6)5-1-2-5/h5H,1-4H2,(H,10,11). The summed E-state index contributed by atoms with van der Waals surface area (Å²) in [7, 11) is 0. The molecule has 2 aliphatic rings. The highest BCUT2D eigenvalue weighted by Gasteiger charge is 2.31. The van der Waals surface area contributed by atoms with Gasteiger partial charge >= 0.3 is 0 Å². The topological polar surface area (TPSA) is 45.8 Å². The Morgan fingerprint density at radius 1 is 1.33 bits per heavy atom. The Labute approximate surface area is 70.2 Å². The molecule has 3 rings (SSSR count). The lowest BCUT2D eigenvalue weighted by Crippen LogP contribution is -1.93. The van der Waals surface area contributed by atoms with Gasteiger partial charge in [-0.3, -0.25) is 4.79 Å². The van der Waals surface area contributed by atoms with Gasteiger partial charge in [0.25, 0.3) is 0 Å². The van der Waals surface area contributed by atoms with Gasteiger partial charge < -0.3 is 4.98 Å². The van der Waals surface area contributed by atoms with Crippen LogP contribution in [0.4, 0.5) is 0 Å². The molecule has 0 unspecified atom stereocenters. The molecule has 1 saturated carbocycles. The second kappa shape index (κ2) is 1.97. The van der Waals surface area contributed by atoms with E-state index >= 15 is 0 Å². The summed E-state index contributed by atoms with van der Waals surface area (Å²) >= 11 is 0. The number of nitrogens with zero attached hydrogens (tertiary/aromatic N) is 1. The van der Waals surface area contributed by atoms with Crippen LogP contribution in [0, 0.1) is 0 Å². The molecule has 12 heavy (non-hydrogen) atoms. The molecule has 1 aromatic heterocycles. The average Bonchev–Trinajstić information content (AvgIpc) is 2.73. The second-order valence-corrected chi connectivity index (χ2v) is 3.65. The molecule has 0 amide bonds. The minimum Gasteiger partial charge on any atom is -0.345 e. The number of hydrogen-bond acceptors (Lipinski definition) is 2. The van der Waals surface area contributed by atoms with Gasteiger partial charge in [0.05, 0.1) is 0 Å². The molecular weight excluding hydrogens is 152 g/mol. The Hall–Kier alpha value is -1.12. The maximum Gasteiger partial charge on any atom is 0.183 e. The molecular formula is C9H10N2O. The summed E-state index contributed by atoms with van der Waals surface area (Å²) in [4.78, 5) is 18.8. The maximum absolute atomic E-state index is 11.2. The average molecular weight is 162 g/mol. The molecule has 0 saturated heterocycles. The quantitative estimate of drug-likeness (QED) is 0.678. The molecule has 1 aromatic rings. The van der Waals surface area contributed by atoms with Crippen LogP contribution < -0.4 is 0 Å². The zero-order valence-electron chi connectivity index (χ0n) is 6.76. The molecule has 0 spiro atoms. The van der Waals surface area contributed by atoms with Crippen LogP contribution in [0.25, 0.3) is 0 Å². The van der Waals surface area contributed by atoms with Crippen LogP contribution in [0.2, 0.25) is 0 Å². The number of H-pyrrole nitrogens is 1. The zero-order valence-corrected chi connectivity index (χ0v) is 6.76. The summed E-state index contributed by atoms with van der Waals surface area (Å²) in [6.07, 6.45) is 3.99. The molecule has 1 fully saturated rings. The van der Waals surface area contributed by atoms with Crippen molar-refractivity contribution in [2.75, 3.05) is 0 Å². The first-order chi connectivity index (χ1) is 5.84. The molecule has 0 radical (unpaired) electrons. The Balaban J connectivity index is 2.06. The fraction of sp³-hybridized carbons (Fsp3) is 0.556. The predicted molar refractivity (Wildman–Crippen MR) is 43.2 cm³/mol. The molecule has 1 heterocycles. The van der Waals surface area contributed by atoms with Crippen molar-refractivity contribution < 1.29 is 4.79 Å². The fourth-order valence-electron chi connectivity index (χ4n) is 1.75. The molecule has 2 aliphatic carbocycles. The summed E-state index contributed by atoms with van der Waals surface area (Å²) in [6, 6.07) is 0. The number of carbonyl (C=O) groups is 1. The smallest absolute Gasteiger partial charge is 0.183 e. The third-order valence-corrected chi connectivity index (χ3v) is 2.63. The zero-order chi connectivity index (χ0) is 8.13. The van der Waals surface area contributed by atoms with Crippen molar-refractivity contribution in [1.82, 2.24) is 9.97 Å². The lowest BCUT2D eigenvalue weighted by molar-refractivity contribution is 0.0990. The number of aryl methyl sites for hydroxylation is 1. The van der Waals surface area contributed by atoms with Crippen molar-refractivity contribution >= 4 is 5.78 Å². The van der Waals surface area contributed by atoms with Gasteiger partial charge in [-0.1, -0.05) is 0 Å². The molecule has 3 nitrogen and oxygen atoms in total. The van der Waals surface area contributed by atoms with Crippen LogP contribution in [-0.4, -0.2) is 15.8 Å². The van der Waals surface area contributed by atoms with Crippen LogP contribution in [0.3, 0.4) is 0 Å². The minimum absolute atomic E-state index is 0.216. The number of nitrogens with one attached hydrogen (secondary N) is 1. The first-order valence-electron chi connectivity index (χ1n) is 4.46. The predicted octanol–water partition coefficient (Wildman–Crippen LogP) is 1.42. The molecule has 0 aliphatic heterocycles. The highest BCUT2D eigenvalue weighted by molar-refractivity contribution is 5.98. The number of Topliss-reactive ketones (excluding diaryl/α,β-unsaturated/α-hetero) is 1. The van der Waals surface area contributed by atoms with Gasteiger partial charge in [0.2, 0.25) is 0 Å². The van der Waals surface area contributed by atoms with Crippen molar-refractivity contribution in [3.8, 4) is 0 Å². The van der Waals surface area contributed by atoms with E-state index in [1.54, 1.807) is 0 Å². The third-order valence-electron chi connectivity index (χ3n) is 2.63. The Morgan fingerprint density at radius 2 is 2.17 bits per heavy atom. The first-order valence-corrected chi connectivity index (χ1v) is 4.46. The van der Waals surface area contributed by atoms with Crippen molar-refractivity contribution in [2.24, 2.45) is 0 Å². The van der Waals surface area contributed by atoms with E-state index in [-0.39, 0.29) is 5.78 Å². The summed E-state index contributed by atoms with van der Waals surface area (Å²) in [5.74, 6) is 1.89. The number of ketones is 1. The Kier molecular flexibility index (Phi) is 1.05. The SMILES string of the molecule is O=C1CCc2[nH]c(C3CC3)nc21. The highest BCUT2D eigenvalue weighted by atomic mass is 16.1. The van der Waals surface area contributed by atoms with Crippen molar-refractivity contribution in [2.45, 2.75) is 31.6 Å². The van der Waals surface area contributed by atoms with Gasteiger partial charge in [0.15, 0.2) is 5.78 Å². The third kappa shape index (κ3) is 0.763. The summed E-state index contributed by atoms with van der Waals surface area (Å²) < 4.78 is 0. The summed E-state index contributed by atoms with van der Waals surface area (Å²) in [5, 5.41) is 0. The van der Waals surface area contributed by atoms with Gasteiger partial charge in [-0.2, -0.15) is 0 Å². The molecule has 0 atom stereocenters. The van der Waals surface area contributed by atoms with E-state index in [9.17, 15) is 4.79 Å². The van der Waals surface area contributed by atoms with E-state index < -0.39 is 0 Å². The number of imidazole rings is 1. The molecule has 62 valence electrons. The summed E-state index contributed by atoms with van der Waals surface area (Å²) in [5.41, 5.74) is 1.79. The Morgan fingerprint density at radius 3 is 2.83 bits per heavy atom. The van der Waals surface area contributed by atoms with Crippen LogP contribution in [0.1, 0.15) is 47.2 Å². The van der Waals surface area contributed by atoms with Crippen molar-refractivity contribution in [3.05, 3.63) is 17.2 Å². The van der Waals surface area contributed by atoms with E-state index in [0.717, 1.165) is 23.6 Å². The number of rotatable bonds is 1. The number of fused-ring (bicyclic) bond motifs is 1. The van der Waals surface area contributed by atoms with Gasteiger partial charge in [0, 0.05) is 18.0 Å². The lowest BCUT2D eigenvalue weighted by Gasteiger charge is -1.89. The van der Waals surface area contributed by atoms with E-state index in [0.29, 0.717) is 12.3 Å².